The molecule has 3 aliphatic rings. The van der Waals surface area contributed by atoms with Crippen LogP contribution in [0, 0.1) is 17.2 Å². The first-order chi connectivity index (χ1) is 25.9. The fraction of sp³-hybridized carbons (Fsp3) is 0.474. The maximum absolute atomic E-state index is 13.7. The van der Waals surface area contributed by atoms with Crippen LogP contribution in [0.5, 0.6) is 0 Å². The van der Waals surface area contributed by atoms with Crippen LogP contribution in [0.15, 0.2) is 58.5 Å². The summed E-state index contributed by atoms with van der Waals surface area (Å²) >= 11 is 5.89. The standard InChI is InChI=1S/C38H44ClN9O5S/c1-24(18-27-19-30(7-6-26(27)20-40)54(52,53)47-16-12-29(13-17-47)43-37-41-21-28(39)22-42-37)23-46-14-10-25(11-15-46)31-4-3-5-32-35(31)45(2)38(51)48(32)33-8-9-34(49)44-36(33)50/h3-7,19,21-22,24-25,29,33H,8-18,23H2,1-2H3,(H,41,42,43)(H,44,49,50). The number of nitrogens with zero attached hydrogens (tertiary/aromatic N) is 7. The highest BCUT2D eigenvalue weighted by atomic mass is 35.5. The SMILES string of the molecule is CC(Cc1cc(S(=O)(=O)N2CCC(Nc3ncc(Cl)cn3)CC2)ccc1C#N)CN1CCC(c2cccc3c2n(C)c(=O)n3C2CCC(=O)NC2=O)CC1. The van der Waals surface area contributed by atoms with E-state index in [1.165, 1.54) is 27.3 Å². The van der Waals surface area contributed by atoms with Crippen molar-refractivity contribution >= 4 is 50.4 Å². The molecule has 2 atom stereocenters. The van der Waals surface area contributed by atoms with Gasteiger partial charge < -0.3 is 10.2 Å². The molecule has 2 aromatic carbocycles. The summed E-state index contributed by atoms with van der Waals surface area (Å²) < 4.78 is 32.2. The molecule has 3 saturated heterocycles. The van der Waals surface area contributed by atoms with Gasteiger partial charge in [0.05, 0.1) is 45.0 Å². The minimum atomic E-state index is -3.76. The molecule has 0 saturated carbocycles. The number of carbonyl (C=O) groups excluding carboxylic acids is 2. The number of benzene rings is 2. The second-order valence-corrected chi connectivity index (χ2v) is 17.1. The molecule has 16 heteroatoms. The third-order valence-electron chi connectivity index (χ3n) is 11.1. The maximum Gasteiger partial charge on any atom is 0.329 e. The van der Waals surface area contributed by atoms with Gasteiger partial charge in [0.2, 0.25) is 27.8 Å². The Morgan fingerprint density at radius 2 is 1.74 bits per heavy atom. The zero-order valence-electron chi connectivity index (χ0n) is 30.4. The van der Waals surface area contributed by atoms with Crippen molar-refractivity contribution in [3.05, 3.63) is 81.0 Å². The summed E-state index contributed by atoms with van der Waals surface area (Å²) in [5, 5.41) is 16.0. The second kappa shape index (κ2) is 15.6. The summed E-state index contributed by atoms with van der Waals surface area (Å²) in [6.45, 7) is 5.33. The zero-order valence-corrected chi connectivity index (χ0v) is 31.9. The molecule has 0 radical (unpaired) electrons. The summed E-state index contributed by atoms with van der Waals surface area (Å²) in [4.78, 5) is 48.9. The topological polar surface area (TPSA) is 175 Å². The first kappa shape index (κ1) is 37.7. The minimum absolute atomic E-state index is 0.0365. The molecule has 2 aromatic heterocycles. The summed E-state index contributed by atoms with van der Waals surface area (Å²) in [7, 11) is -2.02. The molecular formula is C38H44ClN9O5S. The van der Waals surface area contributed by atoms with Crippen LogP contribution in [0.25, 0.3) is 11.0 Å². The van der Waals surface area contributed by atoms with Gasteiger partial charge in [-0.15, -0.1) is 0 Å². The Bertz CT molecular complexity index is 2270. The van der Waals surface area contributed by atoms with Crippen LogP contribution < -0.4 is 16.3 Å². The number of rotatable bonds is 10. The van der Waals surface area contributed by atoms with E-state index in [9.17, 15) is 28.1 Å². The van der Waals surface area contributed by atoms with Gasteiger partial charge in [0.15, 0.2) is 0 Å². The molecule has 284 valence electrons. The fourth-order valence-electron chi connectivity index (χ4n) is 8.30. The van der Waals surface area contributed by atoms with Crippen molar-refractivity contribution in [3.63, 3.8) is 0 Å². The molecule has 0 bridgehead atoms. The number of amides is 2. The van der Waals surface area contributed by atoms with Gasteiger partial charge in [-0.2, -0.15) is 9.57 Å². The highest BCUT2D eigenvalue weighted by molar-refractivity contribution is 7.89. The zero-order chi connectivity index (χ0) is 38.1. The summed E-state index contributed by atoms with van der Waals surface area (Å²) in [5.74, 6) is 0.0830. The molecule has 4 aromatic rings. The number of aromatic nitrogens is 4. The number of nitriles is 1. The molecule has 0 spiro atoms. The van der Waals surface area contributed by atoms with E-state index in [1.54, 1.807) is 23.7 Å². The third-order valence-corrected chi connectivity index (χ3v) is 13.2. The monoisotopic (exact) mass is 773 g/mol. The van der Waals surface area contributed by atoms with Crippen molar-refractivity contribution in [3.8, 4) is 6.07 Å². The van der Waals surface area contributed by atoms with E-state index in [0.29, 0.717) is 60.8 Å². The number of imidazole rings is 1. The lowest BCUT2D eigenvalue weighted by molar-refractivity contribution is -0.135. The minimum Gasteiger partial charge on any atom is -0.351 e. The van der Waals surface area contributed by atoms with Crippen LogP contribution in [0.2, 0.25) is 5.02 Å². The van der Waals surface area contributed by atoms with Gasteiger partial charge in [-0.1, -0.05) is 30.7 Å². The van der Waals surface area contributed by atoms with Gasteiger partial charge in [0.1, 0.15) is 6.04 Å². The summed E-state index contributed by atoms with van der Waals surface area (Å²) in [5.41, 5.74) is 3.55. The van der Waals surface area contributed by atoms with Crippen LogP contribution in [0.1, 0.15) is 74.1 Å². The van der Waals surface area contributed by atoms with Crippen LogP contribution in [0.3, 0.4) is 0 Å². The Balaban J connectivity index is 0.973. The molecule has 0 aliphatic carbocycles. The van der Waals surface area contributed by atoms with Crippen LogP contribution in [-0.4, -0.2) is 87.3 Å². The number of imide groups is 1. The lowest BCUT2D eigenvalue weighted by atomic mass is 9.87. The lowest BCUT2D eigenvalue weighted by Gasteiger charge is -2.34. The van der Waals surface area contributed by atoms with Gasteiger partial charge >= 0.3 is 5.69 Å². The highest BCUT2D eigenvalue weighted by Crippen LogP contribution is 2.35. The lowest BCUT2D eigenvalue weighted by Crippen LogP contribution is -2.44. The van der Waals surface area contributed by atoms with Crippen molar-refractivity contribution < 1.29 is 18.0 Å². The number of carbonyl (C=O) groups is 2. The van der Waals surface area contributed by atoms with Gasteiger partial charge in [-0.3, -0.25) is 24.0 Å². The molecule has 2 N–H and O–H groups in total. The van der Waals surface area contributed by atoms with Crippen LogP contribution >= 0.6 is 11.6 Å². The van der Waals surface area contributed by atoms with E-state index >= 15 is 0 Å². The quantitative estimate of drug-likeness (QED) is 0.225. The number of fused-ring (bicyclic) bond motifs is 1. The Kier molecular flexibility index (Phi) is 10.9. The molecular weight excluding hydrogens is 730 g/mol. The second-order valence-electron chi connectivity index (χ2n) is 14.8. The average Bonchev–Trinajstić information content (AvgIpc) is 3.42. The van der Waals surface area contributed by atoms with Crippen molar-refractivity contribution in [2.24, 2.45) is 13.0 Å². The molecule has 54 heavy (non-hydrogen) atoms. The third kappa shape index (κ3) is 7.66. The number of hydrogen-bond donors (Lipinski definition) is 2. The largest absolute Gasteiger partial charge is 0.351 e. The smallest absolute Gasteiger partial charge is 0.329 e. The van der Waals surface area contributed by atoms with E-state index in [2.05, 4.69) is 44.6 Å². The van der Waals surface area contributed by atoms with Crippen molar-refractivity contribution in [2.75, 3.05) is 38.0 Å². The normalized spacial score (nSPS) is 20.1. The molecule has 3 aliphatic heterocycles. The van der Waals surface area contributed by atoms with E-state index < -0.39 is 22.0 Å². The number of para-hydroxylation sites is 1. The Morgan fingerprint density at radius 1 is 1.02 bits per heavy atom. The first-order valence-corrected chi connectivity index (χ1v) is 20.3. The Morgan fingerprint density at radius 3 is 2.43 bits per heavy atom. The van der Waals surface area contributed by atoms with Gasteiger partial charge in [0, 0.05) is 39.1 Å². The van der Waals surface area contributed by atoms with Gasteiger partial charge in [-0.25, -0.2) is 23.2 Å². The van der Waals surface area contributed by atoms with Gasteiger partial charge in [0.25, 0.3) is 0 Å². The number of anilines is 1. The van der Waals surface area contributed by atoms with E-state index in [1.807, 2.05) is 12.1 Å². The highest BCUT2D eigenvalue weighted by Gasteiger charge is 2.34. The number of likely N-dealkylation sites (tertiary alicyclic amines) is 1. The van der Waals surface area contributed by atoms with Crippen LogP contribution in [-0.2, 0) is 33.1 Å². The van der Waals surface area contributed by atoms with E-state index in [-0.39, 0.29) is 40.8 Å². The predicted molar refractivity (Wildman–Crippen MR) is 203 cm³/mol. The van der Waals surface area contributed by atoms with Gasteiger partial charge in [-0.05, 0) is 98.8 Å². The van der Waals surface area contributed by atoms with Crippen molar-refractivity contribution in [2.45, 2.75) is 74.8 Å². The van der Waals surface area contributed by atoms with Crippen molar-refractivity contribution in [1.82, 2.24) is 33.6 Å². The molecule has 2 amide bonds. The Hall–Kier alpha value is -4.62. The number of piperidine rings is 3. The fourth-order valence-corrected chi connectivity index (χ4v) is 9.92. The van der Waals surface area contributed by atoms with Crippen molar-refractivity contribution in [1.29, 1.82) is 5.26 Å². The number of hydrogen-bond acceptors (Lipinski definition) is 10. The Labute approximate surface area is 319 Å². The maximum atomic E-state index is 13.7. The number of halogens is 1. The molecule has 5 heterocycles. The molecule has 3 fully saturated rings. The molecule has 2 unspecified atom stereocenters. The number of sulfonamides is 1. The number of aryl methyl sites for hydroxylation is 1. The summed E-state index contributed by atoms with van der Waals surface area (Å²) in [6.07, 6.45) is 7.07. The number of nitrogens with one attached hydrogen (secondary N) is 2. The summed E-state index contributed by atoms with van der Waals surface area (Å²) in [6, 6.07) is 12.3. The predicted octanol–water partition coefficient (Wildman–Crippen LogP) is 3.96. The van der Waals surface area contributed by atoms with E-state index in [4.69, 9.17) is 11.6 Å². The first-order valence-electron chi connectivity index (χ1n) is 18.5. The molecule has 7 rings (SSSR count). The average molecular weight is 774 g/mol. The van der Waals surface area contributed by atoms with Crippen LogP contribution in [0.4, 0.5) is 5.95 Å². The molecule has 14 nitrogen and oxygen atoms in total. The van der Waals surface area contributed by atoms with E-state index in [0.717, 1.165) is 49.1 Å².